The number of carbonyl (C=O) groups excluding carboxylic acids is 1. The van der Waals surface area contributed by atoms with Gasteiger partial charge in [-0.25, -0.2) is 0 Å². The average Bonchev–Trinajstić information content (AvgIpc) is 2.81. The molecule has 4 nitrogen and oxygen atoms in total. The van der Waals surface area contributed by atoms with Gasteiger partial charge in [0.15, 0.2) is 0 Å². The number of amides is 1. The van der Waals surface area contributed by atoms with Crippen molar-refractivity contribution >= 4 is 34.8 Å². The van der Waals surface area contributed by atoms with E-state index in [1.807, 2.05) is 19.1 Å². The molecule has 1 saturated heterocycles. The molecule has 1 amide bonds. The minimum Gasteiger partial charge on any atom is -0.481 e. The predicted octanol–water partition coefficient (Wildman–Crippen LogP) is 2.90. The number of piperidine rings is 1. The van der Waals surface area contributed by atoms with Crippen LogP contribution in [0.3, 0.4) is 0 Å². The second kappa shape index (κ2) is 6.59. The highest BCUT2D eigenvalue weighted by molar-refractivity contribution is 7.16. The van der Waals surface area contributed by atoms with Crippen molar-refractivity contribution in [3.05, 3.63) is 21.3 Å². The quantitative estimate of drug-likeness (QED) is 0.929. The molecule has 2 heterocycles. The number of carboxylic acids is 1. The Bertz CT molecular complexity index is 502. The van der Waals surface area contributed by atoms with Crippen molar-refractivity contribution in [2.75, 3.05) is 13.1 Å². The third-order valence-electron chi connectivity index (χ3n) is 3.79. The number of hydrogen-bond acceptors (Lipinski definition) is 3. The fraction of sp³-hybridized carbons (Fsp3) is 0.571. The molecule has 2 unspecified atom stereocenters. The zero-order valence-electron chi connectivity index (χ0n) is 11.3. The molecule has 1 fully saturated rings. The first kappa shape index (κ1) is 15.3. The molecule has 1 aromatic rings. The highest BCUT2D eigenvalue weighted by atomic mass is 35.5. The van der Waals surface area contributed by atoms with Crippen LogP contribution in [0.25, 0.3) is 0 Å². The van der Waals surface area contributed by atoms with E-state index >= 15 is 0 Å². The molecule has 1 N–H and O–H groups in total. The van der Waals surface area contributed by atoms with Crippen molar-refractivity contribution in [2.24, 2.45) is 11.8 Å². The number of hydrogen-bond donors (Lipinski definition) is 1. The number of aliphatic carboxylic acids is 1. The van der Waals surface area contributed by atoms with Crippen molar-refractivity contribution in [3.63, 3.8) is 0 Å². The maximum Gasteiger partial charge on any atom is 0.306 e. The Morgan fingerprint density at radius 1 is 1.50 bits per heavy atom. The van der Waals surface area contributed by atoms with Crippen LogP contribution < -0.4 is 0 Å². The second-order valence-electron chi connectivity index (χ2n) is 5.26. The summed E-state index contributed by atoms with van der Waals surface area (Å²) in [7, 11) is 0. The number of halogens is 1. The number of aryl methyl sites for hydroxylation is 1. The van der Waals surface area contributed by atoms with E-state index in [9.17, 15) is 9.59 Å². The fourth-order valence-electron chi connectivity index (χ4n) is 2.61. The summed E-state index contributed by atoms with van der Waals surface area (Å²) in [6.45, 7) is 2.99. The first-order chi connectivity index (χ1) is 9.47. The maximum atomic E-state index is 12.2. The molecule has 0 aliphatic carbocycles. The smallest absolute Gasteiger partial charge is 0.306 e. The molecule has 1 aromatic heterocycles. The van der Waals surface area contributed by atoms with E-state index < -0.39 is 5.97 Å². The van der Waals surface area contributed by atoms with Crippen LogP contribution in [0.15, 0.2) is 12.1 Å². The maximum absolute atomic E-state index is 12.2. The summed E-state index contributed by atoms with van der Waals surface area (Å²) in [5.74, 6) is -0.959. The van der Waals surface area contributed by atoms with Gasteiger partial charge in [0.05, 0.1) is 10.3 Å². The van der Waals surface area contributed by atoms with E-state index in [1.165, 1.54) is 11.3 Å². The van der Waals surface area contributed by atoms with Crippen molar-refractivity contribution in [1.29, 1.82) is 0 Å². The van der Waals surface area contributed by atoms with Crippen LogP contribution in [-0.4, -0.2) is 35.0 Å². The number of likely N-dealkylation sites (tertiary alicyclic amines) is 1. The first-order valence-electron chi connectivity index (χ1n) is 6.72. The Balaban J connectivity index is 1.83. The second-order valence-corrected chi connectivity index (χ2v) is 7.06. The van der Waals surface area contributed by atoms with E-state index in [0.29, 0.717) is 32.4 Å². The zero-order valence-corrected chi connectivity index (χ0v) is 12.9. The van der Waals surface area contributed by atoms with Crippen molar-refractivity contribution in [1.82, 2.24) is 4.90 Å². The molecule has 2 atom stereocenters. The van der Waals surface area contributed by atoms with Gasteiger partial charge in [0.25, 0.3) is 0 Å². The van der Waals surface area contributed by atoms with E-state index in [0.717, 1.165) is 9.21 Å². The highest BCUT2D eigenvalue weighted by Gasteiger charge is 2.32. The first-order valence-corrected chi connectivity index (χ1v) is 7.91. The lowest BCUT2D eigenvalue weighted by molar-refractivity contribution is -0.148. The molecule has 110 valence electrons. The summed E-state index contributed by atoms with van der Waals surface area (Å²) >= 11 is 7.35. The molecule has 0 saturated carbocycles. The molecule has 2 rings (SSSR count). The number of nitrogens with zero attached hydrogens (tertiary/aromatic N) is 1. The van der Waals surface area contributed by atoms with E-state index in [-0.39, 0.29) is 17.7 Å². The van der Waals surface area contributed by atoms with Crippen LogP contribution in [0.4, 0.5) is 0 Å². The summed E-state index contributed by atoms with van der Waals surface area (Å²) in [6.07, 6.45) is 1.71. The van der Waals surface area contributed by atoms with Gasteiger partial charge >= 0.3 is 5.97 Å². The Morgan fingerprint density at radius 3 is 2.80 bits per heavy atom. The Morgan fingerprint density at radius 2 is 2.25 bits per heavy atom. The molecule has 1 aliphatic rings. The largest absolute Gasteiger partial charge is 0.481 e. The van der Waals surface area contributed by atoms with Crippen LogP contribution in [0.1, 0.15) is 24.6 Å². The van der Waals surface area contributed by atoms with E-state index in [2.05, 4.69) is 0 Å². The molecular formula is C14H18ClNO3S. The van der Waals surface area contributed by atoms with Crippen molar-refractivity contribution in [3.8, 4) is 0 Å². The zero-order chi connectivity index (χ0) is 14.7. The van der Waals surface area contributed by atoms with Gasteiger partial charge in [0, 0.05) is 24.4 Å². The van der Waals surface area contributed by atoms with Crippen LogP contribution in [-0.2, 0) is 16.0 Å². The predicted molar refractivity (Wildman–Crippen MR) is 79.1 cm³/mol. The lowest BCUT2D eigenvalue weighted by Gasteiger charge is -2.35. The summed E-state index contributed by atoms with van der Waals surface area (Å²) in [5.41, 5.74) is 0. The molecule has 0 spiro atoms. The third-order valence-corrected chi connectivity index (χ3v) is 5.08. The third kappa shape index (κ3) is 3.73. The van der Waals surface area contributed by atoms with E-state index in [1.54, 1.807) is 4.90 Å². The van der Waals surface area contributed by atoms with Gasteiger partial charge in [-0.2, -0.15) is 0 Å². The Labute approximate surface area is 127 Å². The van der Waals surface area contributed by atoms with Gasteiger partial charge in [-0.05, 0) is 30.9 Å². The summed E-state index contributed by atoms with van der Waals surface area (Å²) in [6, 6.07) is 3.78. The van der Waals surface area contributed by atoms with E-state index in [4.69, 9.17) is 16.7 Å². The Kier molecular flexibility index (Phi) is 5.05. The lowest BCUT2D eigenvalue weighted by Crippen LogP contribution is -2.45. The topological polar surface area (TPSA) is 57.6 Å². The number of rotatable bonds is 4. The van der Waals surface area contributed by atoms with Crippen molar-refractivity contribution < 1.29 is 14.7 Å². The number of carbonyl (C=O) groups is 2. The highest BCUT2D eigenvalue weighted by Crippen LogP contribution is 2.25. The SMILES string of the molecule is CC1CN(C(=O)CCc2ccc(Cl)s2)CCC1C(=O)O. The van der Waals surface area contributed by atoms with Gasteiger partial charge in [-0.15, -0.1) is 11.3 Å². The normalized spacial score (nSPS) is 22.8. The van der Waals surface area contributed by atoms with Gasteiger partial charge in [-0.3, -0.25) is 9.59 Å². The minimum absolute atomic E-state index is 0.0152. The van der Waals surface area contributed by atoms with Crippen LogP contribution in [0, 0.1) is 11.8 Å². The van der Waals surface area contributed by atoms with Crippen LogP contribution in [0.5, 0.6) is 0 Å². The lowest BCUT2D eigenvalue weighted by atomic mass is 9.87. The minimum atomic E-state index is -0.752. The van der Waals surface area contributed by atoms with Crippen molar-refractivity contribution in [2.45, 2.75) is 26.2 Å². The number of carboxylic acid groups (broad SMARTS) is 1. The molecule has 6 heteroatoms. The molecule has 0 aromatic carbocycles. The monoisotopic (exact) mass is 315 g/mol. The summed E-state index contributed by atoms with van der Waals surface area (Å²) in [5, 5.41) is 9.07. The molecule has 0 bridgehead atoms. The molecule has 0 radical (unpaired) electrons. The standard InChI is InChI=1S/C14H18ClNO3S/c1-9-8-16(7-6-11(9)14(18)19)13(17)5-3-10-2-4-12(15)20-10/h2,4,9,11H,3,5-8H2,1H3,(H,18,19). The van der Waals surface area contributed by atoms with Gasteiger partial charge in [-0.1, -0.05) is 18.5 Å². The average molecular weight is 316 g/mol. The molecule has 1 aliphatic heterocycles. The number of thiophene rings is 1. The van der Waals surface area contributed by atoms with Gasteiger partial charge < -0.3 is 10.0 Å². The summed E-state index contributed by atoms with van der Waals surface area (Å²) in [4.78, 5) is 26.1. The molecular weight excluding hydrogens is 298 g/mol. The van der Waals surface area contributed by atoms with Crippen LogP contribution in [0.2, 0.25) is 4.34 Å². The summed E-state index contributed by atoms with van der Waals surface area (Å²) < 4.78 is 0.739. The van der Waals surface area contributed by atoms with Crippen LogP contribution >= 0.6 is 22.9 Å². The fourth-order valence-corrected chi connectivity index (χ4v) is 3.70. The Hall–Kier alpha value is -1.07. The van der Waals surface area contributed by atoms with Gasteiger partial charge in [0.2, 0.25) is 5.91 Å². The van der Waals surface area contributed by atoms with Gasteiger partial charge in [0.1, 0.15) is 0 Å². The molecule has 20 heavy (non-hydrogen) atoms.